The van der Waals surface area contributed by atoms with Crippen molar-refractivity contribution in [2.75, 3.05) is 24.2 Å². The number of benzene rings is 1. The molecule has 2 aromatic rings. The van der Waals surface area contributed by atoms with Crippen molar-refractivity contribution in [1.82, 2.24) is 4.98 Å². The summed E-state index contributed by atoms with van der Waals surface area (Å²) in [5.74, 6) is 1.45. The molecule has 0 atom stereocenters. The summed E-state index contributed by atoms with van der Waals surface area (Å²) in [5.41, 5.74) is 1.12. The SMILES string of the molecule is CNc1nc(NCCc2ccc(O)cc2)c(Cl)cc1Cl. The fraction of sp³-hybridized carbons (Fsp3) is 0.214. The van der Waals surface area contributed by atoms with Crippen molar-refractivity contribution < 1.29 is 5.11 Å². The van der Waals surface area contributed by atoms with Crippen LogP contribution in [0.3, 0.4) is 0 Å². The molecule has 1 aromatic heterocycles. The standard InChI is InChI=1S/C14H15Cl2N3O/c1-17-13-11(15)8-12(16)14(19-13)18-7-6-9-2-4-10(20)5-3-9/h2-5,8,20H,6-7H2,1H3,(H2,17,18,19). The second-order valence-electron chi connectivity index (χ2n) is 4.24. The minimum Gasteiger partial charge on any atom is -0.508 e. The lowest BCUT2D eigenvalue weighted by Crippen LogP contribution is -2.08. The molecule has 0 aliphatic carbocycles. The third-order valence-corrected chi connectivity index (χ3v) is 3.38. The molecule has 0 saturated carbocycles. The Hall–Kier alpha value is -1.65. The Morgan fingerprint density at radius 2 is 1.75 bits per heavy atom. The highest BCUT2D eigenvalue weighted by Crippen LogP contribution is 2.28. The van der Waals surface area contributed by atoms with E-state index in [-0.39, 0.29) is 5.75 Å². The Balaban J connectivity index is 1.98. The predicted molar refractivity (Wildman–Crippen MR) is 84.1 cm³/mol. The molecule has 0 unspecified atom stereocenters. The summed E-state index contributed by atoms with van der Waals surface area (Å²) < 4.78 is 0. The van der Waals surface area contributed by atoms with Crippen LogP contribution in [-0.2, 0) is 6.42 Å². The van der Waals surface area contributed by atoms with E-state index in [1.165, 1.54) is 0 Å². The summed E-state index contributed by atoms with van der Waals surface area (Å²) in [6.45, 7) is 0.683. The van der Waals surface area contributed by atoms with E-state index in [0.29, 0.717) is 28.2 Å². The first-order valence-corrected chi connectivity index (χ1v) is 6.91. The Kier molecular flexibility index (Phi) is 4.93. The zero-order chi connectivity index (χ0) is 14.5. The number of phenolic OH excluding ortho intramolecular Hbond substituents is 1. The Morgan fingerprint density at radius 3 is 2.40 bits per heavy atom. The molecular weight excluding hydrogens is 297 g/mol. The first-order chi connectivity index (χ1) is 9.60. The summed E-state index contributed by atoms with van der Waals surface area (Å²) in [7, 11) is 1.75. The van der Waals surface area contributed by atoms with Gasteiger partial charge in [-0.15, -0.1) is 0 Å². The van der Waals surface area contributed by atoms with Gasteiger partial charge in [-0.1, -0.05) is 35.3 Å². The maximum atomic E-state index is 9.22. The van der Waals surface area contributed by atoms with Crippen LogP contribution in [0.1, 0.15) is 5.56 Å². The van der Waals surface area contributed by atoms with Gasteiger partial charge in [-0.25, -0.2) is 4.98 Å². The van der Waals surface area contributed by atoms with Gasteiger partial charge >= 0.3 is 0 Å². The number of aromatic hydroxyl groups is 1. The molecule has 106 valence electrons. The van der Waals surface area contributed by atoms with Crippen LogP contribution in [0.25, 0.3) is 0 Å². The maximum absolute atomic E-state index is 9.22. The number of rotatable bonds is 5. The van der Waals surface area contributed by atoms with Crippen molar-refractivity contribution >= 4 is 34.8 Å². The minimum absolute atomic E-state index is 0.266. The summed E-state index contributed by atoms with van der Waals surface area (Å²) in [6, 6.07) is 8.76. The topological polar surface area (TPSA) is 57.2 Å². The van der Waals surface area contributed by atoms with Crippen molar-refractivity contribution in [3.05, 3.63) is 45.9 Å². The van der Waals surface area contributed by atoms with Crippen molar-refractivity contribution in [2.45, 2.75) is 6.42 Å². The number of hydrogen-bond acceptors (Lipinski definition) is 4. The van der Waals surface area contributed by atoms with Crippen LogP contribution in [0, 0.1) is 0 Å². The molecule has 0 bridgehead atoms. The lowest BCUT2D eigenvalue weighted by molar-refractivity contribution is 0.475. The van der Waals surface area contributed by atoms with E-state index in [4.69, 9.17) is 23.2 Å². The van der Waals surface area contributed by atoms with Gasteiger partial charge < -0.3 is 15.7 Å². The Bertz CT molecular complexity index is 588. The molecule has 2 rings (SSSR count). The number of aromatic nitrogens is 1. The van der Waals surface area contributed by atoms with Gasteiger partial charge in [-0.05, 0) is 30.2 Å². The van der Waals surface area contributed by atoms with Crippen LogP contribution >= 0.6 is 23.2 Å². The second-order valence-corrected chi connectivity index (χ2v) is 5.06. The third-order valence-electron chi connectivity index (χ3n) is 2.81. The second kappa shape index (κ2) is 6.68. The molecule has 0 saturated heterocycles. The minimum atomic E-state index is 0.266. The van der Waals surface area contributed by atoms with Crippen molar-refractivity contribution in [3.63, 3.8) is 0 Å². The molecule has 3 N–H and O–H groups in total. The molecule has 1 heterocycles. The van der Waals surface area contributed by atoms with Crippen LogP contribution in [0.4, 0.5) is 11.6 Å². The van der Waals surface area contributed by atoms with Gasteiger partial charge in [-0.3, -0.25) is 0 Å². The Labute approximate surface area is 127 Å². The van der Waals surface area contributed by atoms with Crippen LogP contribution < -0.4 is 10.6 Å². The molecule has 0 aliphatic rings. The fourth-order valence-corrected chi connectivity index (χ4v) is 2.27. The van der Waals surface area contributed by atoms with E-state index in [0.717, 1.165) is 12.0 Å². The highest BCUT2D eigenvalue weighted by molar-refractivity contribution is 6.37. The lowest BCUT2D eigenvalue weighted by atomic mass is 10.1. The van der Waals surface area contributed by atoms with Gasteiger partial charge in [-0.2, -0.15) is 0 Å². The highest BCUT2D eigenvalue weighted by atomic mass is 35.5. The summed E-state index contributed by atoms with van der Waals surface area (Å²) in [6.07, 6.45) is 0.801. The van der Waals surface area contributed by atoms with Crippen molar-refractivity contribution in [2.24, 2.45) is 0 Å². The number of pyridine rings is 1. The largest absolute Gasteiger partial charge is 0.508 e. The molecule has 0 radical (unpaired) electrons. The van der Waals surface area contributed by atoms with E-state index in [2.05, 4.69) is 15.6 Å². The first-order valence-electron chi connectivity index (χ1n) is 6.15. The number of nitrogens with one attached hydrogen (secondary N) is 2. The molecule has 0 aliphatic heterocycles. The smallest absolute Gasteiger partial charge is 0.147 e. The van der Waals surface area contributed by atoms with Crippen molar-refractivity contribution in [1.29, 1.82) is 0 Å². The van der Waals surface area contributed by atoms with Gasteiger partial charge in [0.2, 0.25) is 0 Å². The number of nitrogens with zero attached hydrogens (tertiary/aromatic N) is 1. The molecule has 0 spiro atoms. The van der Waals surface area contributed by atoms with Crippen LogP contribution in [-0.4, -0.2) is 23.7 Å². The van der Waals surface area contributed by atoms with Gasteiger partial charge in [0, 0.05) is 13.6 Å². The quantitative estimate of drug-likeness (QED) is 0.786. The van der Waals surface area contributed by atoms with Crippen LogP contribution in [0.5, 0.6) is 5.75 Å². The lowest BCUT2D eigenvalue weighted by Gasteiger charge is -2.10. The Morgan fingerprint density at radius 1 is 1.10 bits per heavy atom. The molecular formula is C14H15Cl2N3O. The first kappa shape index (κ1) is 14.8. The average molecular weight is 312 g/mol. The number of phenols is 1. The molecule has 4 nitrogen and oxygen atoms in total. The van der Waals surface area contributed by atoms with Gasteiger partial charge in [0.15, 0.2) is 0 Å². The van der Waals surface area contributed by atoms with Gasteiger partial charge in [0.25, 0.3) is 0 Å². The van der Waals surface area contributed by atoms with Gasteiger partial charge in [0.05, 0.1) is 10.0 Å². The average Bonchev–Trinajstić information content (AvgIpc) is 2.43. The van der Waals surface area contributed by atoms with E-state index < -0.39 is 0 Å². The number of hydrogen-bond donors (Lipinski definition) is 3. The fourth-order valence-electron chi connectivity index (χ4n) is 1.75. The molecule has 0 amide bonds. The molecule has 20 heavy (non-hydrogen) atoms. The monoisotopic (exact) mass is 311 g/mol. The zero-order valence-electron chi connectivity index (χ0n) is 11.0. The normalized spacial score (nSPS) is 10.3. The maximum Gasteiger partial charge on any atom is 0.147 e. The summed E-state index contributed by atoms with van der Waals surface area (Å²) in [4.78, 5) is 4.31. The predicted octanol–water partition coefficient (Wildman–Crippen LogP) is 3.79. The van der Waals surface area contributed by atoms with Crippen LogP contribution in [0.2, 0.25) is 10.0 Å². The van der Waals surface area contributed by atoms with Crippen molar-refractivity contribution in [3.8, 4) is 5.75 Å². The van der Waals surface area contributed by atoms with E-state index >= 15 is 0 Å². The summed E-state index contributed by atoms with van der Waals surface area (Å²) >= 11 is 12.1. The van der Waals surface area contributed by atoms with E-state index in [9.17, 15) is 5.11 Å². The number of anilines is 2. The van der Waals surface area contributed by atoms with E-state index in [1.807, 2.05) is 12.1 Å². The third kappa shape index (κ3) is 3.68. The van der Waals surface area contributed by atoms with E-state index in [1.54, 1.807) is 25.2 Å². The highest BCUT2D eigenvalue weighted by Gasteiger charge is 2.07. The molecule has 6 heteroatoms. The van der Waals surface area contributed by atoms with Crippen LogP contribution in [0.15, 0.2) is 30.3 Å². The zero-order valence-corrected chi connectivity index (χ0v) is 12.5. The summed E-state index contributed by atoms with van der Waals surface area (Å²) in [5, 5.41) is 16.3. The molecule has 0 fully saturated rings. The van der Waals surface area contributed by atoms with Gasteiger partial charge in [0.1, 0.15) is 17.4 Å². The molecule has 1 aromatic carbocycles. The number of halogens is 2.